The van der Waals surface area contributed by atoms with E-state index in [1.165, 1.54) is 5.56 Å². The minimum atomic E-state index is 0.571. The molecular weight excluding hydrogens is 284 g/mol. The highest BCUT2D eigenvalue weighted by molar-refractivity contribution is 6.18. The molecular formula is C17H19ClN2O. The summed E-state index contributed by atoms with van der Waals surface area (Å²) >= 11 is 5.61. The fraction of sp³-hybridized carbons (Fsp3) is 0.353. The van der Waals surface area contributed by atoms with Crippen molar-refractivity contribution in [3.8, 4) is 17.6 Å². The number of nitrogens with zero attached hydrogens (tertiary/aromatic N) is 2. The van der Waals surface area contributed by atoms with Crippen LogP contribution in [0.15, 0.2) is 30.6 Å². The van der Waals surface area contributed by atoms with E-state index >= 15 is 0 Å². The normalized spacial score (nSPS) is 10.0. The molecule has 21 heavy (non-hydrogen) atoms. The number of rotatable bonds is 5. The van der Waals surface area contributed by atoms with E-state index in [4.69, 9.17) is 16.3 Å². The Morgan fingerprint density at radius 3 is 2.90 bits per heavy atom. The third-order valence-electron chi connectivity index (χ3n) is 3.06. The third kappa shape index (κ3) is 4.84. The van der Waals surface area contributed by atoms with Crippen molar-refractivity contribution in [3.63, 3.8) is 0 Å². The number of hydrogen-bond acceptors (Lipinski definition) is 2. The van der Waals surface area contributed by atoms with Gasteiger partial charge in [0.1, 0.15) is 5.75 Å². The van der Waals surface area contributed by atoms with E-state index in [1.807, 2.05) is 44.6 Å². The summed E-state index contributed by atoms with van der Waals surface area (Å²) < 4.78 is 7.57. The Morgan fingerprint density at radius 2 is 2.24 bits per heavy atom. The molecule has 0 aliphatic rings. The lowest BCUT2D eigenvalue weighted by atomic mass is 10.1. The summed E-state index contributed by atoms with van der Waals surface area (Å²) in [6.45, 7) is 2.68. The lowest BCUT2D eigenvalue weighted by Crippen LogP contribution is -2.01. The van der Waals surface area contributed by atoms with Gasteiger partial charge < -0.3 is 4.74 Å². The molecule has 0 aliphatic heterocycles. The van der Waals surface area contributed by atoms with Crippen molar-refractivity contribution in [2.45, 2.75) is 19.8 Å². The summed E-state index contributed by atoms with van der Waals surface area (Å²) in [5.74, 6) is 7.62. The molecule has 1 aromatic heterocycles. The summed E-state index contributed by atoms with van der Waals surface area (Å²) in [6.07, 6.45) is 5.43. The van der Waals surface area contributed by atoms with Gasteiger partial charge in [-0.2, -0.15) is 5.10 Å². The zero-order valence-electron chi connectivity index (χ0n) is 12.4. The van der Waals surface area contributed by atoms with Crippen LogP contribution in [0.4, 0.5) is 0 Å². The molecule has 0 saturated heterocycles. The molecule has 0 amide bonds. The summed E-state index contributed by atoms with van der Waals surface area (Å²) in [5.41, 5.74) is 3.33. The molecule has 0 bridgehead atoms. The van der Waals surface area contributed by atoms with Gasteiger partial charge in [-0.1, -0.05) is 11.8 Å². The Kier molecular flexibility index (Phi) is 5.71. The number of benzene rings is 1. The molecule has 0 N–H and O–H groups in total. The average molecular weight is 303 g/mol. The Bertz CT molecular complexity index is 652. The van der Waals surface area contributed by atoms with Gasteiger partial charge in [-0.25, -0.2) is 0 Å². The van der Waals surface area contributed by atoms with E-state index < -0.39 is 0 Å². The second-order valence-electron chi connectivity index (χ2n) is 4.84. The maximum absolute atomic E-state index is 5.77. The lowest BCUT2D eigenvalue weighted by Gasteiger charge is -2.07. The van der Waals surface area contributed by atoms with Gasteiger partial charge in [0.05, 0.1) is 12.8 Å². The molecule has 2 rings (SSSR count). The van der Waals surface area contributed by atoms with Crippen LogP contribution in [-0.4, -0.2) is 22.3 Å². The van der Waals surface area contributed by atoms with Gasteiger partial charge in [0, 0.05) is 37.5 Å². The van der Waals surface area contributed by atoms with Crippen molar-refractivity contribution >= 4 is 11.6 Å². The monoisotopic (exact) mass is 302 g/mol. The van der Waals surface area contributed by atoms with E-state index in [-0.39, 0.29) is 0 Å². The molecule has 1 aromatic carbocycles. The van der Waals surface area contributed by atoms with Crippen LogP contribution in [0.5, 0.6) is 5.75 Å². The number of alkyl halides is 1. The predicted molar refractivity (Wildman–Crippen MR) is 85.8 cm³/mol. The Balaban J connectivity index is 1.90. The third-order valence-corrected chi connectivity index (χ3v) is 3.25. The van der Waals surface area contributed by atoms with E-state index in [9.17, 15) is 0 Å². The van der Waals surface area contributed by atoms with E-state index in [0.717, 1.165) is 23.3 Å². The van der Waals surface area contributed by atoms with Crippen LogP contribution in [-0.2, 0) is 13.5 Å². The standard InChI is InChI=1S/C17H19ClN2O/c1-14-11-17(7-6-16(14)5-3-4-9-18)21-10-8-15-12-19-20(2)13-15/h6-7,11-13H,4,8-10H2,1-2H3. The minimum Gasteiger partial charge on any atom is -0.493 e. The van der Waals surface area contributed by atoms with Gasteiger partial charge in [0.25, 0.3) is 0 Å². The van der Waals surface area contributed by atoms with Crippen molar-refractivity contribution in [1.82, 2.24) is 9.78 Å². The number of aromatic nitrogens is 2. The van der Waals surface area contributed by atoms with Gasteiger partial charge in [-0.3, -0.25) is 4.68 Å². The van der Waals surface area contributed by atoms with Crippen LogP contribution in [0.2, 0.25) is 0 Å². The van der Waals surface area contributed by atoms with E-state index in [1.54, 1.807) is 4.68 Å². The molecule has 0 unspecified atom stereocenters. The van der Waals surface area contributed by atoms with Gasteiger partial charge >= 0.3 is 0 Å². The number of hydrogen-bond donors (Lipinski definition) is 0. The molecule has 0 radical (unpaired) electrons. The van der Waals surface area contributed by atoms with Crippen molar-refractivity contribution < 1.29 is 4.74 Å². The zero-order valence-corrected chi connectivity index (χ0v) is 13.2. The molecule has 0 aliphatic carbocycles. The molecule has 1 heterocycles. The van der Waals surface area contributed by atoms with Crippen molar-refractivity contribution in [2.24, 2.45) is 7.05 Å². The lowest BCUT2D eigenvalue weighted by molar-refractivity contribution is 0.321. The van der Waals surface area contributed by atoms with Crippen LogP contribution in [0, 0.1) is 18.8 Å². The summed E-state index contributed by atoms with van der Waals surface area (Å²) in [5, 5.41) is 4.14. The predicted octanol–water partition coefficient (Wildman–Crippen LogP) is 3.33. The van der Waals surface area contributed by atoms with Crippen LogP contribution >= 0.6 is 11.6 Å². The molecule has 0 atom stereocenters. The summed E-state index contributed by atoms with van der Waals surface area (Å²) in [6, 6.07) is 5.98. The Hall–Kier alpha value is -1.92. The fourth-order valence-electron chi connectivity index (χ4n) is 1.96. The molecule has 2 aromatic rings. The smallest absolute Gasteiger partial charge is 0.119 e. The second kappa shape index (κ2) is 7.75. The van der Waals surface area contributed by atoms with Crippen LogP contribution in [0.1, 0.15) is 23.1 Å². The first-order chi connectivity index (χ1) is 10.2. The van der Waals surface area contributed by atoms with Crippen LogP contribution in [0.25, 0.3) is 0 Å². The van der Waals surface area contributed by atoms with E-state index in [2.05, 4.69) is 16.9 Å². The summed E-state index contributed by atoms with van der Waals surface area (Å²) in [7, 11) is 1.91. The van der Waals surface area contributed by atoms with Crippen LogP contribution in [0.3, 0.4) is 0 Å². The SMILES string of the molecule is Cc1cc(OCCc2cnn(C)c2)ccc1C#CCCCl. The molecule has 0 spiro atoms. The maximum atomic E-state index is 5.77. The zero-order chi connectivity index (χ0) is 15.1. The van der Waals surface area contributed by atoms with Crippen molar-refractivity contribution in [1.29, 1.82) is 0 Å². The summed E-state index contributed by atoms with van der Waals surface area (Å²) in [4.78, 5) is 0. The van der Waals surface area contributed by atoms with Gasteiger partial charge in [-0.05, 0) is 36.2 Å². The quantitative estimate of drug-likeness (QED) is 0.626. The topological polar surface area (TPSA) is 27.1 Å². The Morgan fingerprint density at radius 1 is 1.38 bits per heavy atom. The molecule has 4 heteroatoms. The van der Waals surface area contributed by atoms with E-state index in [0.29, 0.717) is 18.9 Å². The highest BCUT2D eigenvalue weighted by atomic mass is 35.5. The molecule has 0 fully saturated rings. The largest absolute Gasteiger partial charge is 0.493 e. The highest BCUT2D eigenvalue weighted by Crippen LogP contribution is 2.17. The second-order valence-corrected chi connectivity index (χ2v) is 5.22. The average Bonchev–Trinajstić information content (AvgIpc) is 2.87. The number of ether oxygens (including phenoxy) is 1. The van der Waals surface area contributed by atoms with Crippen LogP contribution < -0.4 is 4.74 Å². The molecule has 110 valence electrons. The first-order valence-electron chi connectivity index (χ1n) is 6.95. The van der Waals surface area contributed by atoms with Crippen molar-refractivity contribution in [2.75, 3.05) is 12.5 Å². The first kappa shape index (κ1) is 15.5. The van der Waals surface area contributed by atoms with Gasteiger partial charge in [0.2, 0.25) is 0 Å². The van der Waals surface area contributed by atoms with Gasteiger partial charge in [0.15, 0.2) is 0 Å². The number of halogens is 1. The first-order valence-corrected chi connectivity index (χ1v) is 7.48. The van der Waals surface area contributed by atoms with Crippen molar-refractivity contribution in [3.05, 3.63) is 47.3 Å². The Labute approximate surface area is 130 Å². The number of aryl methyl sites for hydroxylation is 2. The highest BCUT2D eigenvalue weighted by Gasteiger charge is 2.00. The maximum Gasteiger partial charge on any atom is 0.119 e. The minimum absolute atomic E-state index is 0.571. The molecule has 3 nitrogen and oxygen atoms in total. The molecule has 0 saturated carbocycles. The van der Waals surface area contributed by atoms with Gasteiger partial charge in [-0.15, -0.1) is 11.6 Å². The fourth-order valence-corrected chi connectivity index (χ4v) is 2.05.